The predicted octanol–water partition coefficient (Wildman–Crippen LogP) is 5.11. The Morgan fingerprint density at radius 3 is 2.78 bits per heavy atom. The Balaban J connectivity index is 1.79. The normalized spacial score (nSPS) is 15.8. The van der Waals surface area contributed by atoms with E-state index in [0.29, 0.717) is 16.8 Å². The van der Waals surface area contributed by atoms with Crippen molar-refractivity contribution < 1.29 is 4.79 Å². The summed E-state index contributed by atoms with van der Waals surface area (Å²) in [5.74, 6) is 1.19. The van der Waals surface area contributed by atoms with Crippen molar-refractivity contribution in [3.05, 3.63) is 29.3 Å². The molecular weight excluding hydrogens is 380 g/mol. The molecule has 1 N–H and O–H groups in total. The summed E-state index contributed by atoms with van der Waals surface area (Å²) in [5.41, 5.74) is 0.895. The van der Waals surface area contributed by atoms with Crippen molar-refractivity contribution in [2.75, 3.05) is 5.75 Å². The van der Waals surface area contributed by atoms with E-state index in [1.54, 1.807) is 0 Å². The van der Waals surface area contributed by atoms with Crippen LogP contribution in [0.5, 0.6) is 0 Å². The van der Waals surface area contributed by atoms with Gasteiger partial charge in [0.1, 0.15) is 0 Å². The maximum absolute atomic E-state index is 12.3. The van der Waals surface area contributed by atoms with Crippen LogP contribution in [0, 0.1) is 0 Å². The first-order chi connectivity index (χ1) is 13.1. The molecule has 3 rings (SSSR count). The molecule has 0 spiro atoms. The minimum Gasteiger partial charge on any atom is -0.353 e. The number of carbonyl (C=O) groups excluding carboxylic acids is 1. The third-order valence-electron chi connectivity index (χ3n) is 4.93. The number of rotatable bonds is 8. The zero-order valence-electron chi connectivity index (χ0n) is 15.9. The highest BCUT2D eigenvalue weighted by molar-refractivity contribution is 7.99. The SMILES string of the molecule is CCCC(C)NC(=O)CSc1nnc(-c2ccccc2Cl)n1C1CCCC1. The molecule has 0 saturated heterocycles. The molecule has 1 saturated carbocycles. The number of carbonyl (C=O) groups is 1. The van der Waals surface area contributed by atoms with Gasteiger partial charge < -0.3 is 5.32 Å². The molecule has 7 heteroatoms. The number of amides is 1. The Bertz CT molecular complexity index is 773. The van der Waals surface area contributed by atoms with Crippen LogP contribution >= 0.6 is 23.4 Å². The first kappa shape index (κ1) is 20.2. The lowest BCUT2D eigenvalue weighted by Gasteiger charge is -2.17. The highest BCUT2D eigenvalue weighted by Gasteiger charge is 2.26. The van der Waals surface area contributed by atoms with Crippen LogP contribution in [0.2, 0.25) is 5.02 Å². The molecule has 27 heavy (non-hydrogen) atoms. The molecule has 0 bridgehead atoms. The van der Waals surface area contributed by atoms with Crippen LogP contribution in [0.25, 0.3) is 11.4 Å². The monoisotopic (exact) mass is 406 g/mol. The lowest BCUT2D eigenvalue weighted by Crippen LogP contribution is -2.33. The molecule has 1 aliphatic rings. The number of benzene rings is 1. The molecule has 2 aromatic rings. The number of aromatic nitrogens is 3. The Hall–Kier alpha value is -1.53. The first-order valence-electron chi connectivity index (χ1n) is 9.72. The van der Waals surface area contributed by atoms with Crippen LogP contribution in [0.15, 0.2) is 29.4 Å². The highest BCUT2D eigenvalue weighted by Crippen LogP contribution is 2.38. The number of thioether (sulfide) groups is 1. The summed E-state index contributed by atoms with van der Waals surface area (Å²) >= 11 is 7.87. The third kappa shape index (κ3) is 5.05. The van der Waals surface area contributed by atoms with Gasteiger partial charge in [-0.05, 0) is 38.3 Å². The molecule has 5 nitrogen and oxygen atoms in total. The van der Waals surface area contributed by atoms with Gasteiger partial charge in [-0.15, -0.1) is 10.2 Å². The summed E-state index contributed by atoms with van der Waals surface area (Å²) < 4.78 is 2.20. The summed E-state index contributed by atoms with van der Waals surface area (Å²) in [4.78, 5) is 12.3. The van der Waals surface area contributed by atoms with Crippen molar-refractivity contribution in [1.82, 2.24) is 20.1 Å². The molecule has 1 heterocycles. The third-order valence-corrected chi connectivity index (χ3v) is 6.20. The Labute approximate surface area is 170 Å². The van der Waals surface area contributed by atoms with Gasteiger partial charge in [0.25, 0.3) is 0 Å². The van der Waals surface area contributed by atoms with Crippen molar-refractivity contribution in [3.8, 4) is 11.4 Å². The predicted molar refractivity (Wildman–Crippen MR) is 111 cm³/mol. The molecular formula is C20H27ClN4OS. The van der Waals surface area contributed by atoms with Crippen LogP contribution in [-0.2, 0) is 4.79 Å². The molecule has 1 unspecified atom stereocenters. The summed E-state index contributed by atoms with van der Waals surface area (Å²) in [6, 6.07) is 8.31. The van der Waals surface area contributed by atoms with Crippen molar-refractivity contribution in [2.45, 2.75) is 69.6 Å². The minimum atomic E-state index is 0.0428. The second-order valence-electron chi connectivity index (χ2n) is 7.14. The van der Waals surface area contributed by atoms with E-state index in [1.165, 1.54) is 24.6 Å². The summed E-state index contributed by atoms with van der Waals surface area (Å²) in [7, 11) is 0. The van der Waals surface area contributed by atoms with Crippen molar-refractivity contribution in [1.29, 1.82) is 0 Å². The standard InChI is InChI=1S/C20H27ClN4OS/c1-3-8-14(2)22-18(26)13-27-20-24-23-19(16-11-6-7-12-17(16)21)25(20)15-9-4-5-10-15/h6-7,11-12,14-15H,3-5,8-10,13H2,1-2H3,(H,22,26). The topological polar surface area (TPSA) is 59.8 Å². The van der Waals surface area contributed by atoms with E-state index < -0.39 is 0 Å². The quantitative estimate of drug-likeness (QED) is 0.618. The fourth-order valence-corrected chi connectivity index (χ4v) is 4.68. The molecule has 1 aromatic carbocycles. The summed E-state index contributed by atoms with van der Waals surface area (Å²) in [6.45, 7) is 4.17. The van der Waals surface area contributed by atoms with Crippen molar-refractivity contribution >= 4 is 29.3 Å². The average molecular weight is 407 g/mol. The molecule has 146 valence electrons. The molecule has 0 radical (unpaired) electrons. The van der Waals surface area contributed by atoms with Crippen LogP contribution in [0.1, 0.15) is 58.4 Å². The van der Waals surface area contributed by atoms with E-state index in [-0.39, 0.29) is 11.9 Å². The minimum absolute atomic E-state index is 0.0428. The van der Waals surface area contributed by atoms with Crippen LogP contribution in [-0.4, -0.2) is 32.5 Å². The number of hydrogen-bond donors (Lipinski definition) is 1. The number of halogens is 1. The highest BCUT2D eigenvalue weighted by atomic mass is 35.5. The van der Waals surface area contributed by atoms with Gasteiger partial charge in [-0.3, -0.25) is 9.36 Å². The Kier molecular flexibility index (Phi) is 7.19. The Morgan fingerprint density at radius 2 is 2.07 bits per heavy atom. The van der Waals surface area contributed by atoms with Crippen molar-refractivity contribution in [3.63, 3.8) is 0 Å². The first-order valence-corrected chi connectivity index (χ1v) is 11.1. The van der Waals surface area contributed by atoms with Gasteiger partial charge in [-0.25, -0.2) is 0 Å². The lowest BCUT2D eigenvalue weighted by atomic mass is 10.2. The molecule has 0 aliphatic heterocycles. The van der Waals surface area contributed by atoms with E-state index in [1.807, 2.05) is 31.2 Å². The van der Waals surface area contributed by atoms with Gasteiger partial charge >= 0.3 is 0 Å². The largest absolute Gasteiger partial charge is 0.353 e. The van der Waals surface area contributed by atoms with E-state index in [2.05, 4.69) is 27.0 Å². The second-order valence-corrected chi connectivity index (χ2v) is 8.49. The van der Waals surface area contributed by atoms with E-state index in [4.69, 9.17) is 11.6 Å². The molecule has 1 atom stereocenters. The molecule has 1 aromatic heterocycles. The summed E-state index contributed by atoms with van der Waals surface area (Å²) in [5, 5.41) is 13.4. The van der Waals surface area contributed by atoms with Crippen LogP contribution in [0.3, 0.4) is 0 Å². The zero-order valence-corrected chi connectivity index (χ0v) is 17.5. The van der Waals surface area contributed by atoms with Crippen LogP contribution in [0.4, 0.5) is 0 Å². The molecule has 1 amide bonds. The number of hydrogen-bond acceptors (Lipinski definition) is 4. The van der Waals surface area contributed by atoms with Gasteiger partial charge in [0.15, 0.2) is 11.0 Å². The van der Waals surface area contributed by atoms with Gasteiger partial charge in [0, 0.05) is 17.6 Å². The number of nitrogens with one attached hydrogen (secondary N) is 1. The Morgan fingerprint density at radius 1 is 1.33 bits per heavy atom. The summed E-state index contributed by atoms with van der Waals surface area (Å²) in [6.07, 6.45) is 6.70. The van der Waals surface area contributed by atoms with E-state index in [0.717, 1.165) is 42.2 Å². The van der Waals surface area contributed by atoms with Gasteiger partial charge in [0.2, 0.25) is 5.91 Å². The van der Waals surface area contributed by atoms with E-state index >= 15 is 0 Å². The average Bonchev–Trinajstić information content (AvgIpc) is 3.30. The van der Waals surface area contributed by atoms with Gasteiger partial charge in [-0.2, -0.15) is 0 Å². The van der Waals surface area contributed by atoms with Crippen LogP contribution < -0.4 is 5.32 Å². The van der Waals surface area contributed by atoms with Crippen molar-refractivity contribution in [2.24, 2.45) is 0 Å². The van der Waals surface area contributed by atoms with Gasteiger partial charge in [-0.1, -0.05) is 61.7 Å². The fourth-order valence-electron chi connectivity index (χ4n) is 3.65. The number of nitrogens with zero attached hydrogens (tertiary/aromatic N) is 3. The lowest BCUT2D eigenvalue weighted by molar-refractivity contribution is -0.119. The second kappa shape index (κ2) is 9.60. The maximum Gasteiger partial charge on any atom is 0.230 e. The maximum atomic E-state index is 12.3. The zero-order chi connectivity index (χ0) is 19.2. The fraction of sp³-hybridized carbons (Fsp3) is 0.550. The van der Waals surface area contributed by atoms with Gasteiger partial charge in [0.05, 0.1) is 10.8 Å². The van der Waals surface area contributed by atoms with E-state index in [9.17, 15) is 4.79 Å². The smallest absolute Gasteiger partial charge is 0.230 e. The molecule has 1 aliphatic carbocycles. The molecule has 1 fully saturated rings.